The van der Waals surface area contributed by atoms with Crippen molar-refractivity contribution in [1.29, 1.82) is 0 Å². The number of nitrogens with zero attached hydrogens (tertiary/aromatic N) is 6. The molecule has 0 unspecified atom stereocenters. The molecule has 0 N–H and O–H groups in total. The number of amides is 1. The van der Waals surface area contributed by atoms with E-state index < -0.39 is 11.6 Å². The van der Waals surface area contributed by atoms with E-state index in [1.54, 1.807) is 24.2 Å². The average Bonchev–Trinajstić information content (AvgIpc) is 3.66. The van der Waals surface area contributed by atoms with Gasteiger partial charge in [0.1, 0.15) is 41.2 Å². The molecule has 0 saturated carbocycles. The number of rotatable bonds is 8. The summed E-state index contributed by atoms with van der Waals surface area (Å²) in [5.74, 6) is -1.09. The second kappa shape index (κ2) is 11.6. The molecule has 1 amide bonds. The standard InChI is InChI=1S/C31H28F2N6O3S/c1-5-26(40)38-7-8-39-24(17(38)2)14-23(37-39)30-28(27-22(33)12-20(32)13-25(27)42-10-9-41-4)31-21(6-11-43-31)29(36-30)19-15-34-18(3)35-16-19/h5-6,11-17H,1,7-10H2,2-4H3/t17-/m0/s1. The van der Waals surface area contributed by atoms with Crippen LogP contribution in [0.4, 0.5) is 8.78 Å². The van der Waals surface area contributed by atoms with E-state index in [0.29, 0.717) is 51.8 Å². The van der Waals surface area contributed by atoms with E-state index in [1.807, 2.05) is 29.1 Å². The molecule has 5 aromatic rings. The topological polar surface area (TPSA) is 95.3 Å². The largest absolute Gasteiger partial charge is 0.490 e. The third-order valence-corrected chi connectivity index (χ3v) is 8.37. The van der Waals surface area contributed by atoms with Gasteiger partial charge in [0.25, 0.3) is 0 Å². The molecule has 220 valence electrons. The maximum absolute atomic E-state index is 15.9. The molecule has 0 fully saturated rings. The lowest BCUT2D eigenvalue weighted by molar-refractivity contribution is -0.129. The van der Waals surface area contributed by atoms with Crippen molar-refractivity contribution in [3.63, 3.8) is 0 Å². The number of benzene rings is 1. The first-order valence-corrected chi connectivity index (χ1v) is 14.5. The highest BCUT2D eigenvalue weighted by molar-refractivity contribution is 7.18. The van der Waals surface area contributed by atoms with Crippen LogP contribution in [0.3, 0.4) is 0 Å². The summed E-state index contributed by atoms with van der Waals surface area (Å²) < 4.78 is 43.9. The molecule has 0 bridgehead atoms. The van der Waals surface area contributed by atoms with Gasteiger partial charge in [-0.15, -0.1) is 11.3 Å². The predicted molar refractivity (Wildman–Crippen MR) is 160 cm³/mol. The van der Waals surface area contributed by atoms with Crippen LogP contribution in [0.15, 0.2) is 54.7 Å². The van der Waals surface area contributed by atoms with E-state index in [2.05, 4.69) is 16.5 Å². The highest BCUT2D eigenvalue weighted by Crippen LogP contribution is 2.47. The van der Waals surface area contributed by atoms with Gasteiger partial charge in [-0.1, -0.05) is 6.58 Å². The van der Waals surface area contributed by atoms with Crippen molar-refractivity contribution < 1.29 is 23.0 Å². The molecule has 0 aliphatic carbocycles. The Kier molecular flexibility index (Phi) is 7.72. The van der Waals surface area contributed by atoms with Crippen LogP contribution in [0.2, 0.25) is 0 Å². The molecule has 1 atom stereocenters. The summed E-state index contributed by atoms with van der Waals surface area (Å²) in [7, 11) is 1.52. The van der Waals surface area contributed by atoms with Gasteiger partial charge in [0.15, 0.2) is 0 Å². The molecule has 0 radical (unpaired) electrons. The zero-order chi connectivity index (χ0) is 30.2. The number of methoxy groups -OCH3 is 1. The minimum atomic E-state index is -0.795. The number of aryl methyl sites for hydroxylation is 1. The van der Waals surface area contributed by atoms with Crippen molar-refractivity contribution in [1.82, 2.24) is 29.6 Å². The number of fused-ring (bicyclic) bond motifs is 2. The normalized spacial score (nSPS) is 14.6. The zero-order valence-electron chi connectivity index (χ0n) is 23.8. The van der Waals surface area contributed by atoms with E-state index in [0.717, 1.165) is 23.2 Å². The highest BCUT2D eigenvalue weighted by Gasteiger charge is 2.31. The van der Waals surface area contributed by atoms with Crippen molar-refractivity contribution >= 4 is 27.3 Å². The van der Waals surface area contributed by atoms with Crippen LogP contribution >= 0.6 is 11.3 Å². The molecule has 6 rings (SSSR count). The summed E-state index contributed by atoms with van der Waals surface area (Å²) in [6.45, 7) is 8.59. The van der Waals surface area contributed by atoms with Crippen molar-refractivity contribution in [2.45, 2.75) is 26.4 Å². The molecule has 1 aliphatic rings. The fraction of sp³-hybridized carbons (Fsp3) is 0.258. The second-order valence-electron chi connectivity index (χ2n) is 10.1. The van der Waals surface area contributed by atoms with Crippen LogP contribution in [-0.2, 0) is 16.1 Å². The number of thiophene rings is 1. The van der Waals surface area contributed by atoms with E-state index in [9.17, 15) is 9.18 Å². The Morgan fingerprint density at radius 2 is 1.93 bits per heavy atom. The number of halogens is 2. The Labute approximate surface area is 250 Å². The molecule has 4 aromatic heterocycles. The molecule has 5 heterocycles. The number of aromatic nitrogens is 5. The molecule has 0 saturated heterocycles. The molecule has 43 heavy (non-hydrogen) atoms. The Morgan fingerprint density at radius 3 is 2.67 bits per heavy atom. The average molecular weight is 603 g/mol. The Bertz CT molecular complexity index is 1850. The number of hydrogen-bond acceptors (Lipinski definition) is 8. The summed E-state index contributed by atoms with van der Waals surface area (Å²) in [6, 6.07) is 5.48. The Balaban J connectivity index is 1.63. The zero-order valence-corrected chi connectivity index (χ0v) is 24.6. The highest BCUT2D eigenvalue weighted by atomic mass is 32.1. The van der Waals surface area contributed by atoms with Crippen LogP contribution in [-0.4, -0.2) is 62.4 Å². The minimum Gasteiger partial charge on any atom is -0.490 e. The maximum Gasteiger partial charge on any atom is 0.246 e. The third kappa shape index (κ3) is 5.17. The van der Waals surface area contributed by atoms with Crippen LogP contribution in [0, 0.1) is 18.6 Å². The lowest BCUT2D eigenvalue weighted by Gasteiger charge is -2.33. The Morgan fingerprint density at radius 1 is 1.14 bits per heavy atom. The lowest BCUT2D eigenvalue weighted by Crippen LogP contribution is -2.40. The molecular weight excluding hydrogens is 574 g/mol. The van der Waals surface area contributed by atoms with Gasteiger partial charge in [-0.3, -0.25) is 9.48 Å². The number of hydrogen-bond donors (Lipinski definition) is 0. The maximum atomic E-state index is 15.9. The van der Waals surface area contributed by atoms with E-state index >= 15 is 4.39 Å². The monoisotopic (exact) mass is 602 g/mol. The molecule has 0 spiro atoms. The number of ether oxygens (including phenoxy) is 2. The quantitative estimate of drug-likeness (QED) is 0.159. The van der Waals surface area contributed by atoms with Gasteiger partial charge < -0.3 is 14.4 Å². The van der Waals surface area contributed by atoms with Crippen LogP contribution in [0.1, 0.15) is 24.5 Å². The minimum absolute atomic E-state index is 0.0267. The van der Waals surface area contributed by atoms with Gasteiger partial charge in [-0.25, -0.2) is 23.7 Å². The SMILES string of the molecule is C=CC(=O)N1CCn2nc(-c3nc(-c4cnc(C)nc4)c4ccsc4c3-c3c(F)cc(F)cc3OCCOC)cc2[C@@H]1C. The van der Waals surface area contributed by atoms with Crippen molar-refractivity contribution in [2.24, 2.45) is 0 Å². The van der Waals surface area contributed by atoms with Crippen LogP contribution in [0.25, 0.3) is 43.9 Å². The van der Waals surface area contributed by atoms with Crippen LogP contribution < -0.4 is 4.74 Å². The smallest absolute Gasteiger partial charge is 0.246 e. The molecule has 12 heteroatoms. The lowest BCUT2D eigenvalue weighted by atomic mass is 9.96. The summed E-state index contributed by atoms with van der Waals surface area (Å²) >= 11 is 1.40. The molecular formula is C31H28F2N6O3S. The van der Waals surface area contributed by atoms with Gasteiger partial charge in [0.05, 0.1) is 36.1 Å². The molecule has 1 aromatic carbocycles. The second-order valence-corrected chi connectivity index (χ2v) is 11.0. The number of carbonyl (C=O) groups excluding carboxylic acids is 1. The summed E-state index contributed by atoms with van der Waals surface area (Å²) in [6.07, 6.45) is 4.69. The van der Waals surface area contributed by atoms with E-state index in [4.69, 9.17) is 19.6 Å². The fourth-order valence-electron chi connectivity index (χ4n) is 5.35. The predicted octanol–water partition coefficient (Wildman–Crippen LogP) is 5.98. The third-order valence-electron chi connectivity index (χ3n) is 7.44. The van der Waals surface area contributed by atoms with E-state index in [-0.39, 0.29) is 36.5 Å². The Hall–Kier alpha value is -4.55. The van der Waals surface area contributed by atoms with Gasteiger partial charge in [-0.05, 0) is 37.4 Å². The summed E-state index contributed by atoms with van der Waals surface area (Å²) in [4.78, 5) is 28.0. The van der Waals surface area contributed by atoms with Crippen molar-refractivity contribution in [2.75, 3.05) is 26.9 Å². The number of carbonyl (C=O) groups is 1. The van der Waals surface area contributed by atoms with Crippen LogP contribution in [0.5, 0.6) is 5.75 Å². The first kappa shape index (κ1) is 28.6. The summed E-state index contributed by atoms with van der Waals surface area (Å²) in [5.41, 5.74) is 3.42. The fourth-order valence-corrected chi connectivity index (χ4v) is 6.30. The number of pyridine rings is 1. The first-order valence-electron chi connectivity index (χ1n) is 13.6. The first-order chi connectivity index (χ1) is 20.8. The van der Waals surface area contributed by atoms with E-state index in [1.165, 1.54) is 24.5 Å². The van der Waals surface area contributed by atoms with Gasteiger partial charge >= 0.3 is 0 Å². The van der Waals surface area contributed by atoms with Crippen molar-refractivity contribution in [3.8, 4) is 39.5 Å². The summed E-state index contributed by atoms with van der Waals surface area (Å²) in [5, 5.41) is 7.52. The van der Waals surface area contributed by atoms with Gasteiger partial charge in [0, 0.05) is 59.4 Å². The van der Waals surface area contributed by atoms with Gasteiger partial charge in [-0.2, -0.15) is 5.10 Å². The molecule has 9 nitrogen and oxygen atoms in total. The van der Waals surface area contributed by atoms with Crippen molar-refractivity contribution in [3.05, 3.63) is 77.8 Å². The van der Waals surface area contributed by atoms with Gasteiger partial charge in [0.2, 0.25) is 5.91 Å². The molecule has 1 aliphatic heterocycles.